The van der Waals surface area contributed by atoms with Gasteiger partial charge in [-0.3, -0.25) is 0 Å². The maximum absolute atomic E-state index is 12.4. The SMILES string of the molecule is N/C(=N\O)C(NS(=O)(=O)N1CCOCC1)c1ccccc1. The predicted octanol–water partition coefficient (Wildman–Crippen LogP) is -0.359. The largest absolute Gasteiger partial charge is 0.409 e. The van der Waals surface area contributed by atoms with Crippen molar-refractivity contribution in [3.8, 4) is 0 Å². The first-order valence-electron chi connectivity index (χ1n) is 6.42. The van der Waals surface area contributed by atoms with Crippen molar-refractivity contribution in [2.75, 3.05) is 26.3 Å². The molecule has 0 amide bonds. The van der Waals surface area contributed by atoms with Crippen molar-refractivity contribution < 1.29 is 18.4 Å². The van der Waals surface area contributed by atoms with Crippen LogP contribution in [0.25, 0.3) is 0 Å². The second-order valence-corrected chi connectivity index (χ2v) is 6.21. The van der Waals surface area contributed by atoms with Crippen LogP contribution in [0.3, 0.4) is 0 Å². The normalized spacial score (nSPS) is 19.3. The van der Waals surface area contributed by atoms with Crippen molar-refractivity contribution >= 4 is 16.0 Å². The summed E-state index contributed by atoms with van der Waals surface area (Å²) in [7, 11) is -3.75. The molecule has 1 aromatic rings. The monoisotopic (exact) mass is 314 g/mol. The molecule has 1 aliphatic heterocycles. The van der Waals surface area contributed by atoms with E-state index in [0.717, 1.165) is 0 Å². The Morgan fingerprint density at radius 1 is 1.33 bits per heavy atom. The smallest absolute Gasteiger partial charge is 0.280 e. The van der Waals surface area contributed by atoms with E-state index in [1.54, 1.807) is 30.3 Å². The van der Waals surface area contributed by atoms with Gasteiger partial charge in [0.15, 0.2) is 5.84 Å². The first-order valence-corrected chi connectivity index (χ1v) is 7.86. The fourth-order valence-electron chi connectivity index (χ4n) is 2.01. The molecule has 1 unspecified atom stereocenters. The van der Waals surface area contributed by atoms with Crippen LogP contribution in [0.5, 0.6) is 0 Å². The number of nitrogens with one attached hydrogen (secondary N) is 1. The second-order valence-electron chi connectivity index (χ2n) is 4.50. The molecule has 1 aliphatic rings. The number of morpholine rings is 1. The van der Waals surface area contributed by atoms with Crippen molar-refractivity contribution in [3.63, 3.8) is 0 Å². The summed E-state index contributed by atoms with van der Waals surface area (Å²) in [5, 5.41) is 11.8. The number of benzene rings is 1. The average Bonchev–Trinajstić information content (AvgIpc) is 2.53. The zero-order chi connectivity index (χ0) is 15.3. The van der Waals surface area contributed by atoms with Crippen molar-refractivity contribution in [2.24, 2.45) is 10.9 Å². The minimum Gasteiger partial charge on any atom is -0.409 e. The molecule has 9 heteroatoms. The topological polar surface area (TPSA) is 117 Å². The summed E-state index contributed by atoms with van der Waals surface area (Å²) in [6, 6.07) is 7.76. The lowest BCUT2D eigenvalue weighted by Gasteiger charge is -2.28. The van der Waals surface area contributed by atoms with Gasteiger partial charge in [-0.05, 0) is 5.56 Å². The summed E-state index contributed by atoms with van der Waals surface area (Å²) in [5.41, 5.74) is 6.20. The van der Waals surface area contributed by atoms with Crippen LogP contribution in [-0.4, -0.2) is 50.1 Å². The van der Waals surface area contributed by atoms with E-state index in [1.165, 1.54) is 4.31 Å². The molecular weight excluding hydrogens is 296 g/mol. The fraction of sp³-hybridized carbons (Fsp3) is 0.417. The molecule has 2 rings (SSSR count). The third-order valence-electron chi connectivity index (χ3n) is 3.12. The molecule has 1 heterocycles. The number of nitrogens with zero attached hydrogens (tertiary/aromatic N) is 2. The van der Waals surface area contributed by atoms with Gasteiger partial charge < -0.3 is 15.7 Å². The van der Waals surface area contributed by atoms with Gasteiger partial charge in [-0.25, -0.2) is 0 Å². The lowest BCUT2D eigenvalue weighted by atomic mass is 10.1. The van der Waals surface area contributed by atoms with E-state index >= 15 is 0 Å². The van der Waals surface area contributed by atoms with Gasteiger partial charge in [0.2, 0.25) is 0 Å². The van der Waals surface area contributed by atoms with Crippen molar-refractivity contribution in [1.29, 1.82) is 0 Å². The molecule has 1 fully saturated rings. The number of rotatable bonds is 5. The lowest BCUT2D eigenvalue weighted by Crippen LogP contribution is -2.49. The zero-order valence-electron chi connectivity index (χ0n) is 11.3. The fourth-order valence-corrected chi connectivity index (χ4v) is 3.35. The quantitative estimate of drug-likeness (QED) is 0.297. The van der Waals surface area contributed by atoms with Gasteiger partial charge in [-0.1, -0.05) is 35.5 Å². The standard InChI is InChI=1S/C12H18N4O4S/c13-12(14-17)11(10-4-2-1-3-5-10)15-21(18,19)16-6-8-20-9-7-16/h1-5,11,15,17H,6-9H2,(H2,13,14). The van der Waals surface area contributed by atoms with E-state index in [2.05, 4.69) is 9.88 Å². The molecule has 1 atom stereocenters. The van der Waals surface area contributed by atoms with E-state index in [0.29, 0.717) is 18.8 Å². The molecule has 0 radical (unpaired) electrons. The molecule has 116 valence electrons. The Kier molecular flexibility index (Phi) is 5.12. The van der Waals surface area contributed by atoms with Crippen molar-refractivity contribution in [2.45, 2.75) is 6.04 Å². The maximum Gasteiger partial charge on any atom is 0.280 e. The van der Waals surface area contributed by atoms with Crippen molar-refractivity contribution in [3.05, 3.63) is 35.9 Å². The van der Waals surface area contributed by atoms with Crippen LogP contribution in [0.2, 0.25) is 0 Å². The van der Waals surface area contributed by atoms with E-state index in [9.17, 15) is 8.42 Å². The lowest BCUT2D eigenvalue weighted by molar-refractivity contribution is 0.0724. The first-order chi connectivity index (χ1) is 10.0. The Hall–Kier alpha value is -1.68. The Morgan fingerprint density at radius 2 is 1.95 bits per heavy atom. The average molecular weight is 314 g/mol. The Morgan fingerprint density at radius 3 is 2.52 bits per heavy atom. The highest BCUT2D eigenvalue weighted by atomic mass is 32.2. The van der Waals surface area contributed by atoms with Crippen LogP contribution in [0.4, 0.5) is 0 Å². The first kappa shape index (κ1) is 15.7. The van der Waals surface area contributed by atoms with E-state index in [-0.39, 0.29) is 18.9 Å². The summed E-state index contributed by atoms with van der Waals surface area (Å²) < 4.78 is 33.6. The molecule has 0 spiro atoms. The van der Waals surface area contributed by atoms with E-state index < -0.39 is 16.3 Å². The summed E-state index contributed by atoms with van der Waals surface area (Å²) in [5.74, 6) is -0.224. The molecule has 0 aromatic heterocycles. The van der Waals surface area contributed by atoms with Crippen molar-refractivity contribution in [1.82, 2.24) is 9.03 Å². The Labute approximate surface area is 123 Å². The van der Waals surface area contributed by atoms with Crippen LogP contribution < -0.4 is 10.5 Å². The molecule has 1 aromatic carbocycles. The number of hydrogen-bond acceptors (Lipinski definition) is 5. The summed E-state index contributed by atoms with van der Waals surface area (Å²) in [6.07, 6.45) is 0. The number of hydrogen-bond donors (Lipinski definition) is 3. The van der Waals surface area contributed by atoms with Gasteiger partial charge in [0, 0.05) is 13.1 Å². The molecule has 8 nitrogen and oxygen atoms in total. The van der Waals surface area contributed by atoms with Gasteiger partial charge in [0.05, 0.1) is 13.2 Å². The highest BCUT2D eigenvalue weighted by Gasteiger charge is 2.29. The van der Waals surface area contributed by atoms with Crippen LogP contribution in [0, 0.1) is 0 Å². The van der Waals surface area contributed by atoms with Crippen LogP contribution >= 0.6 is 0 Å². The Balaban J connectivity index is 2.23. The minimum absolute atomic E-state index is 0.224. The van der Waals surface area contributed by atoms with E-state index in [4.69, 9.17) is 15.7 Å². The highest BCUT2D eigenvalue weighted by molar-refractivity contribution is 7.87. The van der Waals surface area contributed by atoms with Gasteiger partial charge in [0.1, 0.15) is 6.04 Å². The van der Waals surface area contributed by atoms with Gasteiger partial charge >= 0.3 is 0 Å². The molecule has 1 saturated heterocycles. The predicted molar refractivity (Wildman–Crippen MR) is 77.0 cm³/mol. The summed E-state index contributed by atoms with van der Waals surface area (Å²) >= 11 is 0. The van der Waals surface area contributed by atoms with E-state index in [1.807, 2.05) is 0 Å². The Bertz CT molecular complexity index is 585. The number of ether oxygens (including phenoxy) is 1. The minimum atomic E-state index is -3.75. The number of amidine groups is 1. The van der Waals surface area contributed by atoms with Gasteiger partial charge in [-0.15, -0.1) is 0 Å². The van der Waals surface area contributed by atoms with Gasteiger partial charge in [-0.2, -0.15) is 17.4 Å². The molecule has 21 heavy (non-hydrogen) atoms. The third kappa shape index (κ3) is 3.91. The highest BCUT2D eigenvalue weighted by Crippen LogP contribution is 2.16. The summed E-state index contributed by atoms with van der Waals surface area (Å²) in [6.45, 7) is 1.24. The van der Waals surface area contributed by atoms with Crippen LogP contribution in [-0.2, 0) is 14.9 Å². The molecule has 0 saturated carbocycles. The zero-order valence-corrected chi connectivity index (χ0v) is 12.2. The number of nitrogens with two attached hydrogens (primary N) is 1. The van der Waals surface area contributed by atoms with Gasteiger partial charge in [0.25, 0.3) is 10.2 Å². The van der Waals surface area contributed by atoms with Crippen LogP contribution in [0.15, 0.2) is 35.5 Å². The molecule has 0 bridgehead atoms. The third-order valence-corrected chi connectivity index (χ3v) is 4.70. The van der Waals surface area contributed by atoms with Crippen LogP contribution in [0.1, 0.15) is 11.6 Å². The molecule has 4 N–H and O–H groups in total. The summed E-state index contributed by atoms with van der Waals surface area (Å²) in [4.78, 5) is 0. The molecular formula is C12H18N4O4S. The maximum atomic E-state index is 12.4. The number of oxime groups is 1. The second kappa shape index (κ2) is 6.85. The molecule has 0 aliphatic carbocycles.